The zero-order chi connectivity index (χ0) is 13.4. The van der Waals surface area contributed by atoms with Gasteiger partial charge in [-0.1, -0.05) is 12.1 Å². The minimum Gasteiger partial charge on any atom is -0.313 e. The Balaban J connectivity index is 2.20. The van der Waals surface area contributed by atoms with Gasteiger partial charge in [-0.3, -0.25) is 0 Å². The highest BCUT2D eigenvalue weighted by Crippen LogP contribution is 2.03. The molecule has 0 radical (unpaired) electrons. The zero-order valence-electron chi connectivity index (χ0n) is 10.3. The van der Waals surface area contributed by atoms with Gasteiger partial charge in [0.1, 0.15) is 0 Å². The van der Waals surface area contributed by atoms with Crippen LogP contribution in [-0.2, 0) is 16.6 Å². The van der Waals surface area contributed by atoms with Crippen LogP contribution in [0.5, 0.6) is 0 Å². The average molecular weight is 267 g/mol. The fourth-order valence-corrected chi connectivity index (χ4v) is 1.97. The van der Waals surface area contributed by atoms with Crippen molar-refractivity contribution in [3.8, 4) is 6.07 Å². The van der Waals surface area contributed by atoms with Crippen molar-refractivity contribution in [1.29, 1.82) is 5.26 Å². The summed E-state index contributed by atoms with van der Waals surface area (Å²) in [4.78, 5) is 0. The molecule has 0 amide bonds. The quantitative estimate of drug-likeness (QED) is 0.708. The van der Waals surface area contributed by atoms with Crippen LogP contribution in [0.2, 0.25) is 0 Å². The molecule has 1 aromatic rings. The Bertz CT molecular complexity index is 520. The van der Waals surface area contributed by atoms with Gasteiger partial charge in [0.15, 0.2) is 0 Å². The SMILES string of the molecule is CS(=O)(=O)NCCCNCc1cccc(C#N)c1. The van der Waals surface area contributed by atoms with Crippen LogP contribution >= 0.6 is 0 Å². The summed E-state index contributed by atoms with van der Waals surface area (Å²) >= 11 is 0. The Hall–Kier alpha value is -1.42. The van der Waals surface area contributed by atoms with Crippen molar-refractivity contribution >= 4 is 10.0 Å². The third kappa shape index (κ3) is 6.35. The molecule has 0 aliphatic carbocycles. The molecule has 0 aliphatic heterocycles. The first-order valence-electron chi connectivity index (χ1n) is 5.65. The zero-order valence-corrected chi connectivity index (χ0v) is 11.1. The molecule has 0 unspecified atom stereocenters. The number of nitrogens with one attached hydrogen (secondary N) is 2. The summed E-state index contributed by atoms with van der Waals surface area (Å²) in [5.41, 5.74) is 1.69. The maximum atomic E-state index is 10.8. The van der Waals surface area contributed by atoms with E-state index in [0.29, 0.717) is 18.7 Å². The molecule has 0 fully saturated rings. The summed E-state index contributed by atoms with van der Waals surface area (Å²) in [6.07, 6.45) is 1.87. The highest BCUT2D eigenvalue weighted by atomic mass is 32.2. The monoisotopic (exact) mass is 267 g/mol. The maximum absolute atomic E-state index is 10.8. The fourth-order valence-electron chi connectivity index (χ4n) is 1.45. The molecular weight excluding hydrogens is 250 g/mol. The predicted octanol–water partition coefficient (Wildman–Crippen LogP) is 0.587. The fraction of sp³-hybridized carbons (Fsp3) is 0.417. The van der Waals surface area contributed by atoms with Crippen LogP contribution in [0.1, 0.15) is 17.5 Å². The van der Waals surface area contributed by atoms with Crippen LogP contribution in [0.15, 0.2) is 24.3 Å². The predicted molar refractivity (Wildman–Crippen MR) is 70.3 cm³/mol. The largest absolute Gasteiger partial charge is 0.313 e. The third-order valence-electron chi connectivity index (χ3n) is 2.28. The molecule has 98 valence electrons. The van der Waals surface area contributed by atoms with Crippen molar-refractivity contribution < 1.29 is 8.42 Å². The summed E-state index contributed by atoms with van der Waals surface area (Å²) < 4.78 is 24.0. The molecule has 0 aromatic heterocycles. The minimum absolute atomic E-state index is 0.435. The molecule has 0 aliphatic rings. The molecule has 5 nitrogen and oxygen atoms in total. The Kier molecular flexibility index (Phi) is 5.78. The van der Waals surface area contributed by atoms with Gasteiger partial charge in [-0.25, -0.2) is 13.1 Å². The number of hydrogen-bond acceptors (Lipinski definition) is 4. The van der Waals surface area contributed by atoms with Gasteiger partial charge < -0.3 is 5.32 Å². The average Bonchev–Trinajstić information content (AvgIpc) is 2.32. The van der Waals surface area contributed by atoms with E-state index in [1.807, 2.05) is 18.2 Å². The number of sulfonamides is 1. The van der Waals surface area contributed by atoms with E-state index in [4.69, 9.17) is 5.26 Å². The van der Waals surface area contributed by atoms with E-state index >= 15 is 0 Å². The number of benzene rings is 1. The lowest BCUT2D eigenvalue weighted by Crippen LogP contribution is -2.26. The molecule has 6 heteroatoms. The molecule has 0 heterocycles. The maximum Gasteiger partial charge on any atom is 0.208 e. The molecule has 0 spiro atoms. The first-order chi connectivity index (χ1) is 8.51. The van der Waals surface area contributed by atoms with Crippen LogP contribution < -0.4 is 10.0 Å². The molecule has 1 rings (SSSR count). The van der Waals surface area contributed by atoms with E-state index in [1.165, 1.54) is 0 Å². The van der Waals surface area contributed by atoms with Crippen molar-refractivity contribution in [1.82, 2.24) is 10.0 Å². The van der Waals surface area contributed by atoms with Gasteiger partial charge in [-0.05, 0) is 30.7 Å². The molecule has 18 heavy (non-hydrogen) atoms. The van der Waals surface area contributed by atoms with Crippen molar-refractivity contribution in [2.24, 2.45) is 0 Å². The summed E-state index contributed by atoms with van der Waals surface area (Å²) in [7, 11) is -3.09. The summed E-state index contributed by atoms with van der Waals surface area (Å²) in [6, 6.07) is 9.48. The number of hydrogen-bond donors (Lipinski definition) is 2. The van der Waals surface area contributed by atoms with Crippen LogP contribution in [0, 0.1) is 11.3 Å². The smallest absolute Gasteiger partial charge is 0.208 e. The molecule has 0 saturated heterocycles. The highest BCUT2D eigenvalue weighted by molar-refractivity contribution is 7.88. The van der Waals surface area contributed by atoms with Crippen molar-refractivity contribution in [3.63, 3.8) is 0 Å². The Labute approximate surface area is 108 Å². The van der Waals surface area contributed by atoms with Gasteiger partial charge in [0.05, 0.1) is 17.9 Å². The minimum atomic E-state index is -3.09. The van der Waals surface area contributed by atoms with Gasteiger partial charge in [0.25, 0.3) is 0 Å². The highest BCUT2D eigenvalue weighted by Gasteiger charge is 1.99. The van der Waals surface area contributed by atoms with E-state index in [-0.39, 0.29) is 0 Å². The first kappa shape index (κ1) is 14.6. The van der Waals surface area contributed by atoms with Crippen LogP contribution in [-0.4, -0.2) is 27.8 Å². The van der Waals surface area contributed by atoms with Gasteiger partial charge in [-0.2, -0.15) is 5.26 Å². The Morgan fingerprint density at radius 1 is 1.33 bits per heavy atom. The Morgan fingerprint density at radius 3 is 2.78 bits per heavy atom. The lowest BCUT2D eigenvalue weighted by atomic mass is 10.1. The van der Waals surface area contributed by atoms with E-state index in [0.717, 1.165) is 24.8 Å². The van der Waals surface area contributed by atoms with E-state index in [1.54, 1.807) is 6.07 Å². The van der Waals surface area contributed by atoms with Gasteiger partial charge in [0, 0.05) is 13.1 Å². The normalized spacial score (nSPS) is 11.1. The van der Waals surface area contributed by atoms with Crippen LogP contribution in [0.4, 0.5) is 0 Å². The molecular formula is C12H17N3O2S. The molecule has 2 N–H and O–H groups in total. The molecule has 0 saturated carbocycles. The lowest BCUT2D eigenvalue weighted by molar-refractivity contribution is 0.579. The van der Waals surface area contributed by atoms with Gasteiger partial charge >= 0.3 is 0 Å². The summed E-state index contributed by atoms with van der Waals surface area (Å²) in [6.45, 7) is 1.83. The topological polar surface area (TPSA) is 82.0 Å². The Morgan fingerprint density at radius 2 is 2.11 bits per heavy atom. The van der Waals surface area contributed by atoms with E-state index < -0.39 is 10.0 Å². The second kappa shape index (κ2) is 7.11. The number of nitriles is 1. The van der Waals surface area contributed by atoms with Crippen molar-refractivity contribution in [2.75, 3.05) is 19.3 Å². The number of rotatable bonds is 7. The van der Waals surface area contributed by atoms with Crippen LogP contribution in [0.3, 0.4) is 0 Å². The molecule has 0 atom stereocenters. The summed E-state index contributed by atoms with van der Waals surface area (Å²) in [5, 5.41) is 11.9. The first-order valence-corrected chi connectivity index (χ1v) is 7.55. The summed E-state index contributed by atoms with van der Waals surface area (Å²) in [5.74, 6) is 0. The standard InChI is InChI=1S/C12H17N3O2S/c1-18(16,17)15-7-3-6-14-10-12-5-2-4-11(8-12)9-13/h2,4-5,8,14-15H,3,6-7,10H2,1H3. The molecule has 0 bridgehead atoms. The van der Waals surface area contributed by atoms with E-state index in [2.05, 4.69) is 16.1 Å². The van der Waals surface area contributed by atoms with Crippen molar-refractivity contribution in [2.45, 2.75) is 13.0 Å². The lowest BCUT2D eigenvalue weighted by Gasteiger charge is -2.05. The molecule has 1 aromatic carbocycles. The van der Waals surface area contributed by atoms with Gasteiger partial charge in [-0.15, -0.1) is 0 Å². The van der Waals surface area contributed by atoms with E-state index in [9.17, 15) is 8.42 Å². The van der Waals surface area contributed by atoms with Gasteiger partial charge in [0.2, 0.25) is 10.0 Å². The number of nitrogens with zero attached hydrogens (tertiary/aromatic N) is 1. The van der Waals surface area contributed by atoms with Crippen LogP contribution in [0.25, 0.3) is 0 Å². The second-order valence-corrected chi connectivity index (χ2v) is 5.84. The third-order valence-corrected chi connectivity index (χ3v) is 3.01. The van der Waals surface area contributed by atoms with Crippen molar-refractivity contribution in [3.05, 3.63) is 35.4 Å². The second-order valence-electron chi connectivity index (χ2n) is 4.01.